The SMILES string of the molecule is CS(=O)(=O)N1CC(c2nc(C3CC3)no2)C2(CN(C(=O)CCn3cccn3)C2)C1. The van der Waals surface area contributed by atoms with Crippen LogP contribution in [0.4, 0.5) is 0 Å². The van der Waals surface area contributed by atoms with Crippen LogP contribution in [-0.4, -0.2) is 75.9 Å². The third-order valence-corrected chi connectivity index (χ3v) is 7.48. The third-order valence-electron chi connectivity index (χ3n) is 6.26. The second-order valence-electron chi connectivity index (χ2n) is 8.50. The fourth-order valence-corrected chi connectivity index (χ4v) is 5.34. The fourth-order valence-electron chi connectivity index (χ4n) is 4.42. The minimum Gasteiger partial charge on any atom is -0.341 e. The monoisotopic (exact) mass is 420 g/mol. The van der Waals surface area contributed by atoms with Gasteiger partial charge in [0.05, 0.1) is 12.2 Å². The normalized spacial score (nSPS) is 24.2. The molecule has 2 aliphatic heterocycles. The maximum Gasteiger partial charge on any atom is 0.231 e. The van der Waals surface area contributed by atoms with E-state index in [-0.39, 0.29) is 17.2 Å². The van der Waals surface area contributed by atoms with E-state index in [4.69, 9.17) is 4.52 Å². The molecule has 1 spiro atoms. The number of carbonyl (C=O) groups excluding carboxylic acids is 1. The minimum atomic E-state index is -3.34. The van der Waals surface area contributed by atoms with Crippen LogP contribution in [0.2, 0.25) is 0 Å². The van der Waals surface area contributed by atoms with E-state index in [1.54, 1.807) is 15.8 Å². The van der Waals surface area contributed by atoms with Crippen molar-refractivity contribution in [2.24, 2.45) is 5.41 Å². The lowest BCUT2D eigenvalue weighted by molar-refractivity contribution is -0.144. The van der Waals surface area contributed by atoms with Gasteiger partial charge in [-0.3, -0.25) is 9.48 Å². The van der Waals surface area contributed by atoms with Crippen molar-refractivity contribution in [2.75, 3.05) is 32.4 Å². The van der Waals surface area contributed by atoms with Crippen LogP contribution in [-0.2, 0) is 21.4 Å². The Balaban J connectivity index is 1.30. The van der Waals surface area contributed by atoms with Crippen LogP contribution in [0.3, 0.4) is 0 Å². The average molecular weight is 420 g/mol. The molecule has 3 aliphatic rings. The van der Waals surface area contributed by atoms with Crippen molar-refractivity contribution in [3.8, 4) is 0 Å². The molecule has 0 radical (unpaired) electrons. The lowest BCUT2D eigenvalue weighted by Gasteiger charge is -2.50. The summed E-state index contributed by atoms with van der Waals surface area (Å²) in [5, 5.41) is 8.22. The van der Waals surface area contributed by atoms with Gasteiger partial charge in [-0.15, -0.1) is 0 Å². The first-order chi connectivity index (χ1) is 13.8. The lowest BCUT2D eigenvalue weighted by atomic mass is 9.71. The fraction of sp³-hybridized carbons (Fsp3) is 0.667. The number of likely N-dealkylation sites (tertiary alicyclic amines) is 1. The van der Waals surface area contributed by atoms with Gasteiger partial charge in [0.25, 0.3) is 0 Å². The molecule has 156 valence electrons. The first-order valence-electron chi connectivity index (χ1n) is 9.88. The van der Waals surface area contributed by atoms with Crippen molar-refractivity contribution in [3.05, 3.63) is 30.2 Å². The highest BCUT2D eigenvalue weighted by atomic mass is 32.2. The molecule has 1 unspecified atom stereocenters. The van der Waals surface area contributed by atoms with Gasteiger partial charge >= 0.3 is 0 Å². The van der Waals surface area contributed by atoms with Crippen molar-refractivity contribution >= 4 is 15.9 Å². The first kappa shape index (κ1) is 18.7. The van der Waals surface area contributed by atoms with Gasteiger partial charge in [-0.2, -0.15) is 10.1 Å². The van der Waals surface area contributed by atoms with E-state index in [2.05, 4.69) is 15.2 Å². The third kappa shape index (κ3) is 3.46. The highest BCUT2D eigenvalue weighted by molar-refractivity contribution is 7.88. The summed E-state index contributed by atoms with van der Waals surface area (Å²) in [7, 11) is -3.34. The lowest BCUT2D eigenvalue weighted by Crippen LogP contribution is -2.61. The number of amides is 1. The number of nitrogens with zero attached hydrogens (tertiary/aromatic N) is 6. The predicted molar refractivity (Wildman–Crippen MR) is 101 cm³/mol. The Labute approximate surface area is 168 Å². The second-order valence-corrected chi connectivity index (χ2v) is 10.5. The van der Waals surface area contributed by atoms with Crippen molar-refractivity contribution in [2.45, 2.75) is 37.6 Å². The second kappa shape index (κ2) is 6.63. The number of hydrogen-bond donors (Lipinski definition) is 0. The number of hydrogen-bond acceptors (Lipinski definition) is 7. The van der Waals surface area contributed by atoms with Gasteiger partial charge in [0.2, 0.25) is 21.8 Å². The van der Waals surface area contributed by atoms with Crippen molar-refractivity contribution in [3.63, 3.8) is 0 Å². The van der Waals surface area contributed by atoms with Gasteiger partial charge in [0.1, 0.15) is 0 Å². The quantitative estimate of drug-likeness (QED) is 0.665. The maximum absolute atomic E-state index is 12.6. The molecular weight excluding hydrogens is 396 g/mol. The van der Waals surface area contributed by atoms with Crippen LogP contribution >= 0.6 is 0 Å². The number of rotatable bonds is 6. The molecule has 11 heteroatoms. The predicted octanol–water partition coefficient (Wildman–Crippen LogP) is 0.421. The highest BCUT2D eigenvalue weighted by Crippen LogP contribution is 2.50. The topological polar surface area (TPSA) is 114 Å². The van der Waals surface area contributed by atoms with Crippen molar-refractivity contribution in [1.82, 2.24) is 29.1 Å². The molecule has 1 aliphatic carbocycles. The summed E-state index contributed by atoms with van der Waals surface area (Å²) in [5.41, 5.74) is -0.363. The van der Waals surface area contributed by atoms with Crippen LogP contribution in [0, 0.1) is 5.41 Å². The summed E-state index contributed by atoms with van der Waals surface area (Å²) >= 11 is 0. The Morgan fingerprint density at radius 2 is 2.10 bits per heavy atom. The number of aryl methyl sites for hydroxylation is 1. The minimum absolute atomic E-state index is 0.0480. The molecule has 1 amide bonds. The molecule has 0 aromatic carbocycles. The number of carbonyl (C=O) groups is 1. The molecule has 29 heavy (non-hydrogen) atoms. The first-order valence-corrected chi connectivity index (χ1v) is 11.7. The van der Waals surface area contributed by atoms with Crippen LogP contribution in [0.15, 0.2) is 23.0 Å². The zero-order valence-corrected chi connectivity index (χ0v) is 17.1. The van der Waals surface area contributed by atoms with Crippen LogP contribution < -0.4 is 0 Å². The Morgan fingerprint density at radius 3 is 2.76 bits per heavy atom. The molecule has 1 saturated carbocycles. The molecule has 0 N–H and O–H groups in total. The summed E-state index contributed by atoms with van der Waals surface area (Å²) in [6, 6.07) is 1.83. The average Bonchev–Trinajstić information content (AvgIpc) is 3.08. The molecule has 2 aromatic heterocycles. The van der Waals surface area contributed by atoms with Gasteiger partial charge < -0.3 is 9.42 Å². The smallest absolute Gasteiger partial charge is 0.231 e. The standard InChI is InChI=1S/C18H24N6O4S/c1-29(26,27)24-9-14(17-20-16(21-28-17)13-3-4-13)18(12-24)10-22(11-18)15(25)5-8-23-7-2-6-19-23/h2,6-7,13-14H,3-5,8-12H2,1H3. The van der Waals surface area contributed by atoms with Crippen molar-refractivity contribution < 1.29 is 17.7 Å². The van der Waals surface area contributed by atoms with E-state index < -0.39 is 10.0 Å². The summed E-state index contributed by atoms with van der Waals surface area (Å²) in [6.07, 6.45) is 7.25. The molecule has 2 saturated heterocycles. The molecule has 2 aromatic rings. The summed E-state index contributed by atoms with van der Waals surface area (Å²) < 4.78 is 33.1. The molecule has 4 heterocycles. The Hall–Kier alpha value is -2.27. The van der Waals surface area contributed by atoms with Crippen molar-refractivity contribution in [1.29, 1.82) is 0 Å². The van der Waals surface area contributed by atoms with Gasteiger partial charge in [0, 0.05) is 62.9 Å². The Morgan fingerprint density at radius 1 is 1.31 bits per heavy atom. The van der Waals surface area contributed by atoms with E-state index in [1.165, 1.54) is 10.6 Å². The number of aromatic nitrogens is 4. The summed E-state index contributed by atoms with van der Waals surface area (Å²) in [5.74, 6) is 1.46. The molecule has 0 bridgehead atoms. The molecule has 1 atom stereocenters. The summed E-state index contributed by atoms with van der Waals surface area (Å²) in [6.45, 7) is 2.23. The molecular formula is C18H24N6O4S. The largest absolute Gasteiger partial charge is 0.341 e. The van der Waals surface area contributed by atoms with Crippen LogP contribution in [0.25, 0.3) is 0 Å². The van der Waals surface area contributed by atoms with Gasteiger partial charge in [-0.05, 0) is 18.9 Å². The van der Waals surface area contributed by atoms with Gasteiger partial charge in [0.15, 0.2) is 5.82 Å². The van der Waals surface area contributed by atoms with E-state index in [9.17, 15) is 13.2 Å². The Bertz CT molecular complexity index is 1010. The zero-order valence-electron chi connectivity index (χ0n) is 16.3. The van der Waals surface area contributed by atoms with Gasteiger partial charge in [-0.25, -0.2) is 12.7 Å². The van der Waals surface area contributed by atoms with E-state index in [0.717, 1.165) is 18.7 Å². The molecule has 5 rings (SSSR count). The molecule has 10 nitrogen and oxygen atoms in total. The van der Waals surface area contributed by atoms with Crippen LogP contribution in [0.5, 0.6) is 0 Å². The molecule has 3 fully saturated rings. The summed E-state index contributed by atoms with van der Waals surface area (Å²) in [4.78, 5) is 19.0. The zero-order chi connectivity index (χ0) is 20.2. The van der Waals surface area contributed by atoms with Crippen LogP contribution in [0.1, 0.15) is 42.8 Å². The van der Waals surface area contributed by atoms with Gasteiger partial charge in [-0.1, -0.05) is 5.16 Å². The number of sulfonamides is 1. The highest BCUT2D eigenvalue weighted by Gasteiger charge is 2.59. The Kier molecular flexibility index (Phi) is 4.28. The van der Waals surface area contributed by atoms with E-state index in [1.807, 2.05) is 12.3 Å². The van der Waals surface area contributed by atoms with E-state index >= 15 is 0 Å². The maximum atomic E-state index is 12.6. The van der Waals surface area contributed by atoms with E-state index in [0.29, 0.717) is 51.0 Å².